The van der Waals surface area contributed by atoms with Gasteiger partial charge in [-0.3, -0.25) is 0 Å². The zero-order valence-corrected chi connectivity index (χ0v) is 22.3. The maximum atomic E-state index is 12.7. The minimum absolute atomic E-state index is 0.0296. The van der Waals surface area contributed by atoms with Crippen LogP contribution in [0.4, 0.5) is 5.69 Å². The maximum Gasteiger partial charge on any atom is 0.152 e. The monoisotopic (exact) mass is 506 g/mol. The second-order valence-corrected chi connectivity index (χ2v) is 13.3. The number of halogens is 1. The van der Waals surface area contributed by atoms with E-state index in [0.717, 1.165) is 36.0 Å². The second-order valence-electron chi connectivity index (χ2n) is 10.7. The van der Waals surface area contributed by atoms with Gasteiger partial charge in [-0.05, 0) is 53.0 Å². The molecule has 1 aliphatic rings. The van der Waals surface area contributed by atoms with Crippen LogP contribution < -0.4 is 11.1 Å². The highest BCUT2D eigenvalue weighted by Gasteiger charge is 2.39. The van der Waals surface area contributed by atoms with Gasteiger partial charge in [-0.15, -0.1) is 0 Å². The number of sulfone groups is 1. The molecular formula is C27H39ClN2O3S. The van der Waals surface area contributed by atoms with Crippen LogP contribution >= 0.6 is 11.6 Å². The number of rotatable bonds is 8. The Morgan fingerprint density at radius 2 is 1.88 bits per heavy atom. The molecule has 0 unspecified atom stereocenters. The van der Waals surface area contributed by atoms with Gasteiger partial charge in [-0.25, -0.2) is 8.42 Å². The number of nitrogen functional groups attached to an aromatic ring is 1. The van der Waals surface area contributed by atoms with Crippen molar-refractivity contribution in [2.24, 2.45) is 5.92 Å². The van der Waals surface area contributed by atoms with E-state index in [1.54, 1.807) is 6.07 Å². The summed E-state index contributed by atoms with van der Waals surface area (Å²) in [6.07, 6.45) is 2.56. The van der Waals surface area contributed by atoms with E-state index in [2.05, 4.69) is 45.1 Å². The average molecular weight is 507 g/mol. The third kappa shape index (κ3) is 6.97. The summed E-state index contributed by atoms with van der Waals surface area (Å²) in [6, 6.07) is 11.6. The highest BCUT2D eigenvalue weighted by molar-refractivity contribution is 7.91. The molecule has 188 valence electrons. The fourth-order valence-corrected chi connectivity index (χ4v) is 6.91. The Morgan fingerprint density at radius 1 is 1.15 bits per heavy atom. The highest BCUT2D eigenvalue weighted by Crippen LogP contribution is 2.30. The lowest BCUT2D eigenvalue weighted by molar-refractivity contribution is 0.0781. The van der Waals surface area contributed by atoms with E-state index in [-0.39, 0.29) is 16.9 Å². The van der Waals surface area contributed by atoms with Crippen molar-refractivity contribution < 1.29 is 13.5 Å². The van der Waals surface area contributed by atoms with Crippen molar-refractivity contribution in [1.29, 1.82) is 0 Å². The highest BCUT2D eigenvalue weighted by atomic mass is 35.5. The van der Waals surface area contributed by atoms with Crippen LogP contribution in [0, 0.1) is 5.92 Å². The zero-order chi connectivity index (χ0) is 25.1. The molecule has 3 atom stereocenters. The Morgan fingerprint density at radius 3 is 2.56 bits per heavy atom. The largest absolute Gasteiger partial charge is 0.397 e. The van der Waals surface area contributed by atoms with Crippen LogP contribution in [0.1, 0.15) is 62.8 Å². The van der Waals surface area contributed by atoms with Gasteiger partial charge in [0.25, 0.3) is 0 Å². The van der Waals surface area contributed by atoms with E-state index in [4.69, 9.17) is 17.3 Å². The van der Waals surface area contributed by atoms with Crippen molar-refractivity contribution in [3.8, 4) is 0 Å². The summed E-state index contributed by atoms with van der Waals surface area (Å²) in [5.74, 6) is -0.498. The first-order valence-corrected chi connectivity index (χ1v) is 14.4. The summed E-state index contributed by atoms with van der Waals surface area (Å²) in [5.41, 5.74) is 11.0. The fraction of sp³-hybridized carbons (Fsp3) is 0.556. The molecule has 5 nitrogen and oxygen atoms in total. The Labute approximate surface area is 210 Å². The molecular weight excluding hydrogens is 468 g/mol. The third-order valence-electron chi connectivity index (χ3n) is 6.73. The van der Waals surface area contributed by atoms with Crippen molar-refractivity contribution in [2.45, 2.75) is 77.5 Å². The topological polar surface area (TPSA) is 92.4 Å². The van der Waals surface area contributed by atoms with Crippen molar-refractivity contribution in [2.75, 3.05) is 17.2 Å². The first-order chi connectivity index (χ1) is 15.9. The van der Waals surface area contributed by atoms with E-state index in [1.807, 2.05) is 18.2 Å². The third-order valence-corrected chi connectivity index (χ3v) is 8.85. The number of aryl methyl sites for hydroxylation is 1. The Kier molecular flexibility index (Phi) is 8.72. The van der Waals surface area contributed by atoms with Crippen LogP contribution in [0.5, 0.6) is 0 Å². The van der Waals surface area contributed by atoms with Crippen molar-refractivity contribution in [3.63, 3.8) is 0 Å². The lowest BCUT2D eigenvalue weighted by Gasteiger charge is -2.35. The van der Waals surface area contributed by atoms with Crippen LogP contribution in [-0.4, -0.2) is 37.2 Å². The van der Waals surface area contributed by atoms with E-state index >= 15 is 0 Å². The second kappa shape index (κ2) is 11.0. The number of nitrogens with one attached hydrogen (secondary N) is 1. The first kappa shape index (κ1) is 27.0. The summed E-state index contributed by atoms with van der Waals surface area (Å²) in [6.45, 7) is 9.12. The summed E-state index contributed by atoms with van der Waals surface area (Å²) in [4.78, 5) is 0. The van der Waals surface area contributed by atoms with Gasteiger partial charge in [0, 0.05) is 18.5 Å². The van der Waals surface area contributed by atoms with Crippen LogP contribution in [0.2, 0.25) is 5.02 Å². The molecule has 34 heavy (non-hydrogen) atoms. The minimum Gasteiger partial charge on any atom is -0.397 e. The van der Waals surface area contributed by atoms with Crippen LogP contribution in [0.25, 0.3) is 0 Å². The van der Waals surface area contributed by atoms with Crippen molar-refractivity contribution in [1.82, 2.24) is 5.32 Å². The van der Waals surface area contributed by atoms with Gasteiger partial charge >= 0.3 is 0 Å². The molecule has 0 bridgehead atoms. The average Bonchev–Trinajstić information content (AvgIpc) is 2.75. The number of anilines is 1. The Bertz CT molecular complexity index is 1100. The van der Waals surface area contributed by atoms with E-state index in [9.17, 15) is 13.5 Å². The van der Waals surface area contributed by atoms with E-state index < -0.39 is 27.9 Å². The van der Waals surface area contributed by atoms with Crippen LogP contribution in [-0.2, 0) is 34.6 Å². The maximum absolute atomic E-state index is 12.7. The molecule has 1 saturated heterocycles. The summed E-state index contributed by atoms with van der Waals surface area (Å²) in [5, 5.41) is 14.9. The fourth-order valence-electron chi connectivity index (χ4n) is 4.68. The Balaban J connectivity index is 1.75. The van der Waals surface area contributed by atoms with Crippen molar-refractivity contribution in [3.05, 3.63) is 63.7 Å². The molecule has 4 N–H and O–H groups in total. The number of nitrogens with two attached hydrogens (primary N) is 1. The van der Waals surface area contributed by atoms with E-state index in [1.165, 1.54) is 5.56 Å². The standard InChI is InChI=1S/C27H39ClN2O3S/c1-5-6-9-20-11-19(14-23(28)25(20)29)12-21-16-34(32,33)17-24(26(21)31)30-15-18-8-7-10-22(13-18)27(2,3)4/h7-8,10-11,13-14,21,24,26,30-31H,5-6,9,12,15-17,29H2,1-4H3/t21-,24+,26+/m1/s1. The molecule has 0 saturated carbocycles. The molecule has 1 aliphatic heterocycles. The molecule has 2 aromatic carbocycles. The van der Waals surface area contributed by atoms with Gasteiger partial charge in [0.15, 0.2) is 9.84 Å². The number of benzene rings is 2. The molecule has 2 aromatic rings. The lowest BCUT2D eigenvalue weighted by atomic mass is 9.86. The van der Waals surface area contributed by atoms with Gasteiger partial charge in [-0.1, -0.05) is 76.0 Å². The van der Waals surface area contributed by atoms with Gasteiger partial charge in [0.2, 0.25) is 0 Å². The molecule has 0 aliphatic carbocycles. The van der Waals surface area contributed by atoms with E-state index in [0.29, 0.717) is 23.7 Å². The molecule has 0 amide bonds. The van der Waals surface area contributed by atoms with Gasteiger partial charge in [0.05, 0.1) is 28.3 Å². The SMILES string of the molecule is CCCCc1cc(C[C@@H]2CS(=O)(=O)C[C@H](NCc3cccc(C(C)(C)C)c3)[C@H]2O)cc(Cl)c1N. The number of aliphatic hydroxyl groups excluding tert-OH is 1. The molecule has 1 fully saturated rings. The quantitative estimate of drug-likeness (QED) is 0.452. The summed E-state index contributed by atoms with van der Waals surface area (Å²) in [7, 11) is -3.29. The van der Waals surface area contributed by atoms with Crippen molar-refractivity contribution >= 4 is 27.1 Å². The molecule has 0 radical (unpaired) electrons. The number of hydrogen-bond donors (Lipinski definition) is 3. The van der Waals surface area contributed by atoms with Gasteiger partial charge in [-0.2, -0.15) is 0 Å². The first-order valence-electron chi connectivity index (χ1n) is 12.2. The zero-order valence-electron chi connectivity index (χ0n) is 20.8. The van der Waals surface area contributed by atoms with Crippen LogP contribution in [0.15, 0.2) is 36.4 Å². The molecule has 7 heteroatoms. The predicted molar refractivity (Wildman–Crippen MR) is 142 cm³/mol. The molecule has 0 spiro atoms. The van der Waals surface area contributed by atoms with Gasteiger partial charge < -0.3 is 16.2 Å². The Hall–Kier alpha value is -1.60. The normalized spacial score (nSPS) is 22.6. The van der Waals surface area contributed by atoms with Crippen LogP contribution in [0.3, 0.4) is 0 Å². The minimum atomic E-state index is -3.29. The molecule has 0 aromatic heterocycles. The predicted octanol–water partition coefficient (Wildman–Crippen LogP) is 4.67. The summed E-state index contributed by atoms with van der Waals surface area (Å²) < 4.78 is 25.5. The summed E-state index contributed by atoms with van der Waals surface area (Å²) >= 11 is 6.38. The lowest BCUT2D eigenvalue weighted by Crippen LogP contribution is -2.54. The number of unbranched alkanes of at least 4 members (excludes halogenated alkanes) is 1. The number of hydrogen-bond acceptors (Lipinski definition) is 5. The van der Waals surface area contributed by atoms with Gasteiger partial charge in [0.1, 0.15) is 0 Å². The molecule has 3 rings (SSSR count). The molecule has 1 heterocycles. The number of aliphatic hydroxyl groups is 1. The smallest absolute Gasteiger partial charge is 0.152 e.